The number of aromatic hydroxyl groups is 1. The zero-order chi connectivity index (χ0) is 19.2. The monoisotopic (exact) mass is 375 g/mol. The van der Waals surface area contributed by atoms with Gasteiger partial charge >= 0.3 is 0 Å². The lowest BCUT2D eigenvalue weighted by molar-refractivity contribution is -0.120. The van der Waals surface area contributed by atoms with Crippen molar-refractivity contribution in [3.63, 3.8) is 0 Å². The number of carbonyl (C=O) groups excluding carboxylic acids is 1. The van der Waals surface area contributed by atoms with Gasteiger partial charge in [-0.15, -0.1) is 0 Å². The van der Waals surface area contributed by atoms with Gasteiger partial charge < -0.3 is 24.6 Å². The molecule has 6 nitrogen and oxygen atoms in total. The van der Waals surface area contributed by atoms with Gasteiger partial charge in [-0.1, -0.05) is 12.1 Å². The minimum absolute atomic E-state index is 0.0411. The number of nitrogens with zero attached hydrogens (tertiary/aromatic N) is 1. The van der Waals surface area contributed by atoms with Crippen molar-refractivity contribution in [3.05, 3.63) is 53.8 Å². The number of ether oxygens (including phenoxy) is 2. The SMILES string of the molecule is O=CN1CCC(c2ccc(F)cc2)C(CO)C1.Oc1ccc2c(c1)OCO2. The van der Waals surface area contributed by atoms with E-state index in [1.54, 1.807) is 29.2 Å². The molecule has 2 unspecified atom stereocenters. The van der Waals surface area contributed by atoms with Gasteiger partial charge in [0.25, 0.3) is 0 Å². The van der Waals surface area contributed by atoms with Gasteiger partial charge in [0.15, 0.2) is 11.5 Å². The van der Waals surface area contributed by atoms with Crippen LogP contribution >= 0.6 is 0 Å². The van der Waals surface area contributed by atoms with Crippen molar-refractivity contribution in [2.75, 3.05) is 26.5 Å². The molecule has 0 spiro atoms. The maximum absolute atomic E-state index is 12.8. The summed E-state index contributed by atoms with van der Waals surface area (Å²) >= 11 is 0. The number of hydrogen-bond donors (Lipinski definition) is 2. The first-order valence-corrected chi connectivity index (χ1v) is 8.75. The molecule has 7 heteroatoms. The summed E-state index contributed by atoms with van der Waals surface area (Å²) in [7, 11) is 0. The van der Waals surface area contributed by atoms with Gasteiger partial charge in [-0.05, 0) is 42.2 Å². The Kier molecular flexibility index (Phi) is 6.13. The Morgan fingerprint density at radius 3 is 2.59 bits per heavy atom. The zero-order valence-electron chi connectivity index (χ0n) is 14.8. The molecule has 0 aliphatic carbocycles. The number of phenolic OH excluding ortho intramolecular Hbond substituents is 1. The largest absolute Gasteiger partial charge is 0.508 e. The van der Waals surface area contributed by atoms with Gasteiger partial charge in [-0.2, -0.15) is 0 Å². The molecule has 0 saturated carbocycles. The Hall–Kier alpha value is -2.80. The molecule has 1 amide bonds. The molecule has 2 aromatic rings. The summed E-state index contributed by atoms with van der Waals surface area (Å²) < 4.78 is 22.9. The molecule has 2 aromatic carbocycles. The number of carbonyl (C=O) groups is 1. The summed E-state index contributed by atoms with van der Waals surface area (Å²) in [4.78, 5) is 12.4. The number of likely N-dealkylation sites (tertiary alicyclic amines) is 1. The Balaban J connectivity index is 0.000000177. The smallest absolute Gasteiger partial charge is 0.231 e. The summed E-state index contributed by atoms with van der Waals surface area (Å²) in [6.45, 7) is 1.56. The Morgan fingerprint density at radius 2 is 1.89 bits per heavy atom. The molecule has 2 atom stereocenters. The highest BCUT2D eigenvalue weighted by Crippen LogP contribution is 2.34. The summed E-state index contributed by atoms with van der Waals surface area (Å²) in [6, 6.07) is 11.2. The molecule has 0 aromatic heterocycles. The topological polar surface area (TPSA) is 79.2 Å². The van der Waals surface area contributed by atoms with Gasteiger partial charge in [-0.25, -0.2) is 4.39 Å². The molecular formula is C20H22FNO5. The van der Waals surface area contributed by atoms with Gasteiger partial charge in [0.2, 0.25) is 13.2 Å². The predicted molar refractivity (Wildman–Crippen MR) is 96.2 cm³/mol. The number of piperidine rings is 1. The predicted octanol–water partition coefficient (Wildman–Crippen LogP) is 2.50. The third kappa shape index (κ3) is 4.68. The van der Waals surface area contributed by atoms with Crippen LogP contribution < -0.4 is 9.47 Å². The van der Waals surface area contributed by atoms with E-state index in [0.29, 0.717) is 24.6 Å². The third-order valence-electron chi connectivity index (χ3n) is 4.80. The molecule has 2 aliphatic rings. The summed E-state index contributed by atoms with van der Waals surface area (Å²) in [5.41, 5.74) is 1.04. The first kappa shape index (κ1) is 19.0. The van der Waals surface area contributed by atoms with Crippen LogP contribution in [-0.2, 0) is 4.79 Å². The van der Waals surface area contributed by atoms with Crippen molar-refractivity contribution in [2.45, 2.75) is 12.3 Å². The molecular weight excluding hydrogens is 353 g/mol. The van der Waals surface area contributed by atoms with Gasteiger partial charge in [0, 0.05) is 31.7 Å². The first-order chi connectivity index (χ1) is 13.1. The highest BCUT2D eigenvalue weighted by Gasteiger charge is 2.29. The average molecular weight is 375 g/mol. The van der Waals surface area contributed by atoms with Crippen LogP contribution in [0.15, 0.2) is 42.5 Å². The molecule has 2 aliphatic heterocycles. The van der Waals surface area contributed by atoms with Gasteiger partial charge in [-0.3, -0.25) is 4.79 Å². The Morgan fingerprint density at radius 1 is 1.15 bits per heavy atom. The van der Waals surface area contributed by atoms with E-state index in [4.69, 9.17) is 14.6 Å². The van der Waals surface area contributed by atoms with Crippen molar-refractivity contribution in [3.8, 4) is 17.2 Å². The number of amides is 1. The fraction of sp³-hybridized carbons (Fsp3) is 0.350. The van der Waals surface area contributed by atoms with E-state index in [1.165, 1.54) is 18.2 Å². The molecule has 0 radical (unpaired) electrons. The quantitative estimate of drug-likeness (QED) is 0.806. The molecule has 27 heavy (non-hydrogen) atoms. The number of hydrogen-bond acceptors (Lipinski definition) is 5. The van der Waals surface area contributed by atoms with Crippen molar-refractivity contribution in [1.29, 1.82) is 0 Å². The Bertz CT molecular complexity index is 767. The van der Waals surface area contributed by atoms with E-state index in [1.807, 2.05) is 0 Å². The third-order valence-corrected chi connectivity index (χ3v) is 4.80. The van der Waals surface area contributed by atoms with E-state index >= 15 is 0 Å². The van der Waals surface area contributed by atoms with E-state index in [-0.39, 0.29) is 36.8 Å². The van der Waals surface area contributed by atoms with Crippen molar-refractivity contribution in [1.82, 2.24) is 4.90 Å². The second kappa shape index (κ2) is 8.73. The minimum Gasteiger partial charge on any atom is -0.508 e. The zero-order valence-corrected chi connectivity index (χ0v) is 14.8. The number of fused-ring (bicyclic) bond motifs is 1. The first-order valence-electron chi connectivity index (χ1n) is 8.75. The molecule has 1 fully saturated rings. The van der Waals surface area contributed by atoms with Gasteiger partial charge in [0.1, 0.15) is 11.6 Å². The van der Waals surface area contributed by atoms with E-state index in [9.17, 15) is 14.3 Å². The summed E-state index contributed by atoms with van der Waals surface area (Å²) in [6.07, 6.45) is 1.64. The maximum Gasteiger partial charge on any atom is 0.231 e. The molecule has 4 rings (SSSR count). The van der Waals surface area contributed by atoms with Crippen LogP contribution in [0.2, 0.25) is 0 Å². The maximum atomic E-state index is 12.8. The fourth-order valence-electron chi connectivity index (χ4n) is 3.38. The highest BCUT2D eigenvalue weighted by atomic mass is 19.1. The van der Waals surface area contributed by atoms with E-state index < -0.39 is 0 Å². The summed E-state index contributed by atoms with van der Waals surface area (Å²) in [5, 5.41) is 18.3. The number of aliphatic hydroxyl groups is 1. The number of aliphatic hydroxyl groups excluding tert-OH is 1. The lowest BCUT2D eigenvalue weighted by Gasteiger charge is -2.36. The van der Waals surface area contributed by atoms with Crippen molar-refractivity contribution in [2.24, 2.45) is 5.92 Å². The van der Waals surface area contributed by atoms with Gasteiger partial charge in [0.05, 0.1) is 0 Å². The van der Waals surface area contributed by atoms with Crippen LogP contribution in [0, 0.1) is 11.7 Å². The van der Waals surface area contributed by atoms with Crippen molar-refractivity contribution >= 4 is 6.41 Å². The van der Waals surface area contributed by atoms with Crippen LogP contribution in [0.1, 0.15) is 17.9 Å². The molecule has 1 saturated heterocycles. The number of rotatable bonds is 3. The van der Waals surface area contributed by atoms with E-state index in [2.05, 4.69) is 0 Å². The lowest BCUT2D eigenvalue weighted by atomic mass is 9.81. The molecule has 2 heterocycles. The second-order valence-electron chi connectivity index (χ2n) is 6.53. The fourth-order valence-corrected chi connectivity index (χ4v) is 3.38. The number of benzene rings is 2. The molecule has 144 valence electrons. The van der Waals surface area contributed by atoms with E-state index in [0.717, 1.165) is 18.4 Å². The van der Waals surface area contributed by atoms with Crippen LogP contribution in [0.4, 0.5) is 4.39 Å². The van der Waals surface area contributed by atoms with Crippen LogP contribution in [0.25, 0.3) is 0 Å². The highest BCUT2D eigenvalue weighted by molar-refractivity contribution is 5.47. The van der Waals surface area contributed by atoms with Crippen LogP contribution in [-0.4, -0.2) is 48.0 Å². The number of phenols is 1. The van der Waals surface area contributed by atoms with Crippen molar-refractivity contribution < 1.29 is 28.9 Å². The lowest BCUT2D eigenvalue weighted by Crippen LogP contribution is -2.40. The average Bonchev–Trinajstić information content (AvgIpc) is 3.16. The van der Waals surface area contributed by atoms with Crippen LogP contribution in [0.3, 0.4) is 0 Å². The second-order valence-corrected chi connectivity index (χ2v) is 6.53. The summed E-state index contributed by atoms with van der Waals surface area (Å²) in [5.74, 6) is 1.50. The Labute approximate surface area is 156 Å². The molecule has 0 bridgehead atoms. The minimum atomic E-state index is -0.250. The number of halogens is 1. The molecule has 2 N–H and O–H groups in total. The normalized spacial score (nSPS) is 20.6. The van der Waals surface area contributed by atoms with Crippen LogP contribution in [0.5, 0.6) is 17.2 Å². The standard InChI is InChI=1S/C13H16FNO2.C7H6O3/c14-12-3-1-10(2-4-12)13-5-6-15(9-17)7-11(13)8-16;8-5-1-2-6-7(3-5)10-4-9-6/h1-4,9,11,13,16H,5-8H2;1-3,8H,4H2.